The smallest absolute Gasteiger partial charge is 0.372 e. The van der Waals surface area contributed by atoms with Crippen LogP contribution >= 0.6 is 0 Å². The zero-order chi connectivity index (χ0) is 10.6. The molecule has 0 radical (unpaired) electrons. The van der Waals surface area contributed by atoms with Gasteiger partial charge in [0.25, 0.3) is 0 Å². The van der Waals surface area contributed by atoms with E-state index in [1.807, 2.05) is 6.92 Å². The van der Waals surface area contributed by atoms with E-state index in [-0.39, 0.29) is 11.9 Å². The minimum Gasteiger partial charge on any atom is -0.372 e. The molecule has 0 saturated heterocycles. The molecular formula is C9H11N3O2. The summed E-state index contributed by atoms with van der Waals surface area (Å²) in [6.45, 7) is 5.43. The standard InChI is InChI=1S/C9H11N3O2/c1-3-7(2)11-8-5-4-6-10-9(8)12(13)14/h3-7,11H,1H2,2H3. The molecular weight excluding hydrogens is 182 g/mol. The van der Waals surface area contributed by atoms with Crippen LogP contribution in [-0.4, -0.2) is 15.9 Å². The van der Waals surface area contributed by atoms with Crippen LogP contribution < -0.4 is 5.32 Å². The van der Waals surface area contributed by atoms with E-state index in [1.54, 1.807) is 18.2 Å². The summed E-state index contributed by atoms with van der Waals surface area (Å²) >= 11 is 0. The number of nitrogens with one attached hydrogen (secondary N) is 1. The highest BCUT2D eigenvalue weighted by molar-refractivity contribution is 5.57. The summed E-state index contributed by atoms with van der Waals surface area (Å²) in [5.41, 5.74) is 0.407. The van der Waals surface area contributed by atoms with Crippen molar-refractivity contribution in [2.75, 3.05) is 5.32 Å². The van der Waals surface area contributed by atoms with Crippen LogP contribution in [0.1, 0.15) is 6.92 Å². The molecule has 0 aromatic carbocycles. The molecule has 0 aliphatic heterocycles. The van der Waals surface area contributed by atoms with E-state index >= 15 is 0 Å². The second-order valence-corrected chi connectivity index (χ2v) is 2.80. The Labute approximate surface area is 81.6 Å². The van der Waals surface area contributed by atoms with Gasteiger partial charge < -0.3 is 15.4 Å². The van der Waals surface area contributed by atoms with E-state index in [9.17, 15) is 10.1 Å². The lowest BCUT2D eigenvalue weighted by atomic mass is 10.3. The van der Waals surface area contributed by atoms with Crippen molar-refractivity contribution in [1.29, 1.82) is 0 Å². The average Bonchev–Trinajstić information content (AvgIpc) is 2.18. The summed E-state index contributed by atoms with van der Waals surface area (Å²) in [5.74, 6) is -0.166. The maximum Gasteiger partial charge on any atom is 0.386 e. The molecule has 14 heavy (non-hydrogen) atoms. The van der Waals surface area contributed by atoms with Crippen LogP contribution in [-0.2, 0) is 0 Å². The molecule has 1 heterocycles. The van der Waals surface area contributed by atoms with Crippen LogP contribution in [0.3, 0.4) is 0 Å². The van der Waals surface area contributed by atoms with E-state index in [1.165, 1.54) is 6.20 Å². The molecule has 1 aromatic heterocycles. The second kappa shape index (κ2) is 4.36. The lowest BCUT2D eigenvalue weighted by Crippen LogP contribution is -2.13. The Morgan fingerprint density at radius 3 is 3.07 bits per heavy atom. The van der Waals surface area contributed by atoms with Gasteiger partial charge in [-0.15, -0.1) is 6.58 Å². The Hall–Kier alpha value is -1.91. The first-order chi connectivity index (χ1) is 6.65. The normalized spacial score (nSPS) is 11.8. The molecule has 0 bridgehead atoms. The molecule has 1 aromatic rings. The summed E-state index contributed by atoms with van der Waals surface area (Å²) in [6, 6.07) is 3.23. The third kappa shape index (κ3) is 2.29. The average molecular weight is 193 g/mol. The van der Waals surface area contributed by atoms with Crippen molar-refractivity contribution < 1.29 is 4.92 Å². The maximum absolute atomic E-state index is 10.6. The van der Waals surface area contributed by atoms with Gasteiger partial charge in [0.1, 0.15) is 11.9 Å². The van der Waals surface area contributed by atoms with Crippen LogP contribution in [0.4, 0.5) is 11.5 Å². The lowest BCUT2D eigenvalue weighted by Gasteiger charge is -2.09. The van der Waals surface area contributed by atoms with Gasteiger partial charge in [0.05, 0.1) is 0 Å². The largest absolute Gasteiger partial charge is 0.386 e. The fraction of sp³-hybridized carbons (Fsp3) is 0.222. The number of hydrogen-bond donors (Lipinski definition) is 1. The molecule has 0 fully saturated rings. The number of hydrogen-bond acceptors (Lipinski definition) is 4. The van der Waals surface area contributed by atoms with Crippen molar-refractivity contribution in [1.82, 2.24) is 4.98 Å². The molecule has 0 aliphatic rings. The second-order valence-electron chi connectivity index (χ2n) is 2.80. The number of pyridine rings is 1. The molecule has 0 spiro atoms. The van der Waals surface area contributed by atoms with E-state index in [0.29, 0.717) is 5.69 Å². The first kappa shape index (κ1) is 10.2. The summed E-state index contributed by atoms with van der Waals surface area (Å²) in [7, 11) is 0. The fourth-order valence-corrected chi connectivity index (χ4v) is 0.959. The van der Waals surface area contributed by atoms with E-state index < -0.39 is 4.92 Å². The zero-order valence-electron chi connectivity index (χ0n) is 7.80. The SMILES string of the molecule is C=CC(C)Nc1cccnc1[N+](=O)[O-]. The number of anilines is 1. The Bertz CT molecular complexity index is 352. The Morgan fingerprint density at radius 2 is 2.50 bits per heavy atom. The molecule has 1 unspecified atom stereocenters. The minimum atomic E-state index is -0.516. The van der Waals surface area contributed by atoms with Gasteiger partial charge in [0, 0.05) is 6.04 Å². The van der Waals surface area contributed by atoms with Crippen molar-refractivity contribution >= 4 is 11.5 Å². The molecule has 74 valence electrons. The fourth-order valence-electron chi connectivity index (χ4n) is 0.959. The van der Waals surface area contributed by atoms with Crippen LogP contribution in [0.15, 0.2) is 31.0 Å². The Balaban J connectivity index is 2.95. The molecule has 1 rings (SSSR count). The van der Waals surface area contributed by atoms with Gasteiger partial charge in [-0.1, -0.05) is 6.08 Å². The lowest BCUT2D eigenvalue weighted by molar-refractivity contribution is -0.388. The van der Waals surface area contributed by atoms with Gasteiger partial charge in [-0.2, -0.15) is 0 Å². The van der Waals surface area contributed by atoms with Crippen molar-refractivity contribution in [2.24, 2.45) is 0 Å². The predicted octanol–water partition coefficient (Wildman–Crippen LogP) is 1.98. The maximum atomic E-state index is 10.6. The van der Waals surface area contributed by atoms with E-state index in [2.05, 4.69) is 16.9 Å². The third-order valence-corrected chi connectivity index (χ3v) is 1.70. The highest BCUT2D eigenvalue weighted by Gasteiger charge is 2.14. The van der Waals surface area contributed by atoms with Gasteiger partial charge in [-0.05, 0) is 29.0 Å². The Kier molecular flexibility index (Phi) is 3.17. The summed E-state index contributed by atoms with van der Waals surface area (Å²) in [4.78, 5) is 13.7. The number of aromatic nitrogens is 1. The van der Waals surface area contributed by atoms with Gasteiger partial charge >= 0.3 is 5.82 Å². The van der Waals surface area contributed by atoms with Crippen molar-refractivity contribution in [2.45, 2.75) is 13.0 Å². The zero-order valence-corrected chi connectivity index (χ0v) is 7.80. The topological polar surface area (TPSA) is 68.1 Å². The van der Waals surface area contributed by atoms with Crippen LogP contribution in [0.25, 0.3) is 0 Å². The quantitative estimate of drug-likeness (QED) is 0.451. The van der Waals surface area contributed by atoms with E-state index in [0.717, 1.165) is 0 Å². The molecule has 1 N–H and O–H groups in total. The van der Waals surface area contributed by atoms with Crippen LogP contribution in [0, 0.1) is 10.1 Å². The highest BCUT2D eigenvalue weighted by atomic mass is 16.6. The van der Waals surface area contributed by atoms with Gasteiger partial charge in [0.15, 0.2) is 0 Å². The first-order valence-corrected chi connectivity index (χ1v) is 4.13. The van der Waals surface area contributed by atoms with E-state index in [4.69, 9.17) is 0 Å². The molecule has 0 saturated carbocycles. The van der Waals surface area contributed by atoms with Gasteiger partial charge in [-0.25, -0.2) is 0 Å². The van der Waals surface area contributed by atoms with Crippen LogP contribution in [0.5, 0.6) is 0 Å². The van der Waals surface area contributed by atoms with Crippen molar-refractivity contribution in [3.63, 3.8) is 0 Å². The summed E-state index contributed by atoms with van der Waals surface area (Å²) < 4.78 is 0. The van der Waals surface area contributed by atoms with Gasteiger partial charge in [-0.3, -0.25) is 0 Å². The number of nitro groups is 1. The number of nitrogens with zero attached hydrogens (tertiary/aromatic N) is 2. The third-order valence-electron chi connectivity index (χ3n) is 1.70. The first-order valence-electron chi connectivity index (χ1n) is 4.13. The molecule has 0 aliphatic carbocycles. The van der Waals surface area contributed by atoms with Gasteiger partial charge in [0.2, 0.25) is 0 Å². The molecule has 5 heteroatoms. The Morgan fingerprint density at radius 1 is 1.79 bits per heavy atom. The molecule has 1 atom stereocenters. The molecule has 0 amide bonds. The van der Waals surface area contributed by atoms with Crippen molar-refractivity contribution in [3.05, 3.63) is 41.1 Å². The monoisotopic (exact) mass is 193 g/mol. The highest BCUT2D eigenvalue weighted by Crippen LogP contribution is 2.20. The predicted molar refractivity (Wildman–Crippen MR) is 54.2 cm³/mol. The van der Waals surface area contributed by atoms with Crippen LogP contribution in [0.2, 0.25) is 0 Å². The summed E-state index contributed by atoms with van der Waals surface area (Å²) in [6.07, 6.45) is 3.05. The minimum absolute atomic E-state index is 0.0297. The van der Waals surface area contributed by atoms with Crippen molar-refractivity contribution in [3.8, 4) is 0 Å². The number of rotatable bonds is 4. The summed E-state index contributed by atoms with van der Waals surface area (Å²) in [5, 5.41) is 13.5. The molecule has 5 nitrogen and oxygen atoms in total.